The normalized spacial score (nSPS) is 21.3. The molecule has 2 fully saturated rings. The molecule has 0 saturated carbocycles. The van der Waals surface area contributed by atoms with E-state index in [9.17, 15) is 4.79 Å². The minimum atomic E-state index is 0.122. The van der Waals surface area contributed by atoms with Gasteiger partial charge in [-0.25, -0.2) is 0 Å². The number of ether oxygens (including phenoxy) is 2. The SMILES string of the molecule is COc1ccc(CNC(=O)CC[C@H]2CCCN(C3CCNCC3)C2)c(OC)c1. The van der Waals surface area contributed by atoms with Crippen LogP contribution in [0.3, 0.4) is 0 Å². The Morgan fingerprint density at radius 3 is 2.79 bits per heavy atom. The van der Waals surface area contributed by atoms with Crippen LogP contribution in [-0.2, 0) is 11.3 Å². The van der Waals surface area contributed by atoms with Gasteiger partial charge in [-0.1, -0.05) is 0 Å². The first-order valence-electron chi connectivity index (χ1n) is 10.6. The predicted molar refractivity (Wildman–Crippen MR) is 111 cm³/mol. The van der Waals surface area contributed by atoms with Gasteiger partial charge in [-0.3, -0.25) is 4.79 Å². The highest BCUT2D eigenvalue weighted by atomic mass is 16.5. The molecule has 0 unspecified atom stereocenters. The van der Waals surface area contributed by atoms with E-state index in [1.54, 1.807) is 14.2 Å². The molecule has 2 aliphatic rings. The Hall–Kier alpha value is -1.79. The van der Waals surface area contributed by atoms with E-state index in [-0.39, 0.29) is 5.91 Å². The molecule has 2 N–H and O–H groups in total. The fourth-order valence-corrected chi connectivity index (χ4v) is 4.45. The number of nitrogens with zero attached hydrogens (tertiary/aromatic N) is 1. The molecule has 1 amide bonds. The third kappa shape index (κ3) is 5.85. The highest BCUT2D eigenvalue weighted by Gasteiger charge is 2.27. The molecule has 2 heterocycles. The van der Waals surface area contributed by atoms with E-state index in [4.69, 9.17) is 9.47 Å². The molecule has 0 aliphatic carbocycles. The summed E-state index contributed by atoms with van der Waals surface area (Å²) in [6, 6.07) is 6.41. The lowest BCUT2D eigenvalue weighted by atomic mass is 9.91. The van der Waals surface area contributed by atoms with Crippen molar-refractivity contribution in [2.45, 2.75) is 51.1 Å². The average Bonchev–Trinajstić information content (AvgIpc) is 2.77. The first-order valence-corrected chi connectivity index (χ1v) is 10.6. The number of nitrogens with one attached hydrogen (secondary N) is 2. The van der Waals surface area contributed by atoms with Gasteiger partial charge in [0.15, 0.2) is 0 Å². The van der Waals surface area contributed by atoms with E-state index < -0.39 is 0 Å². The van der Waals surface area contributed by atoms with Crippen LogP contribution in [0, 0.1) is 5.92 Å². The van der Waals surface area contributed by atoms with E-state index >= 15 is 0 Å². The number of benzene rings is 1. The van der Waals surface area contributed by atoms with E-state index in [1.807, 2.05) is 18.2 Å². The predicted octanol–water partition coefficient (Wildman–Crippen LogP) is 2.56. The maximum absolute atomic E-state index is 12.4. The topological polar surface area (TPSA) is 62.8 Å². The molecule has 1 aromatic rings. The van der Waals surface area contributed by atoms with E-state index in [1.165, 1.54) is 32.2 Å². The number of hydrogen-bond acceptors (Lipinski definition) is 5. The average molecular weight is 390 g/mol. The highest BCUT2D eigenvalue weighted by Crippen LogP contribution is 2.26. The van der Waals surface area contributed by atoms with Crippen molar-refractivity contribution in [3.05, 3.63) is 23.8 Å². The van der Waals surface area contributed by atoms with Crippen molar-refractivity contribution in [2.24, 2.45) is 5.92 Å². The van der Waals surface area contributed by atoms with Crippen molar-refractivity contribution < 1.29 is 14.3 Å². The van der Waals surface area contributed by atoms with E-state index in [0.717, 1.165) is 49.2 Å². The number of carbonyl (C=O) groups is 1. The summed E-state index contributed by atoms with van der Waals surface area (Å²) in [4.78, 5) is 15.0. The van der Waals surface area contributed by atoms with Crippen molar-refractivity contribution in [3.8, 4) is 11.5 Å². The molecule has 0 spiro atoms. The van der Waals surface area contributed by atoms with Gasteiger partial charge in [0.2, 0.25) is 5.91 Å². The van der Waals surface area contributed by atoms with E-state index in [0.29, 0.717) is 18.9 Å². The quantitative estimate of drug-likeness (QED) is 0.716. The molecule has 3 rings (SSSR count). The summed E-state index contributed by atoms with van der Waals surface area (Å²) in [6.07, 6.45) is 6.62. The second-order valence-electron chi connectivity index (χ2n) is 7.98. The number of methoxy groups -OCH3 is 2. The molecule has 156 valence electrons. The Balaban J connectivity index is 1.41. The summed E-state index contributed by atoms with van der Waals surface area (Å²) in [5, 5.41) is 6.50. The Labute approximate surface area is 169 Å². The van der Waals surface area contributed by atoms with E-state index in [2.05, 4.69) is 15.5 Å². The van der Waals surface area contributed by atoms with Gasteiger partial charge in [-0.2, -0.15) is 0 Å². The number of piperidine rings is 2. The molecular weight excluding hydrogens is 354 g/mol. The smallest absolute Gasteiger partial charge is 0.220 e. The fraction of sp³-hybridized carbons (Fsp3) is 0.682. The Kier molecular flexibility index (Phi) is 7.98. The molecule has 0 bridgehead atoms. The molecule has 2 saturated heterocycles. The van der Waals surface area contributed by atoms with Gasteiger partial charge in [0.1, 0.15) is 11.5 Å². The van der Waals surface area contributed by atoms with Crippen molar-refractivity contribution in [1.82, 2.24) is 15.5 Å². The first kappa shape index (κ1) is 20.9. The minimum absolute atomic E-state index is 0.122. The Morgan fingerprint density at radius 2 is 2.04 bits per heavy atom. The molecule has 1 atom stereocenters. The maximum Gasteiger partial charge on any atom is 0.220 e. The fourth-order valence-electron chi connectivity index (χ4n) is 4.45. The van der Waals surface area contributed by atoms with Crippen molar-refractivity contribution >= 4 is 5.91 Å². The Morgan fingerprint density at radius 1 is 1.21 bits per heavy atom. The highest BCUT2D eigenvalue weighted by molar-refractivity contribution is 5.75. The number of rotatable bonds is 8. The van der Waals surface area contributed by atoms with Crippen LogP contribution in [0.5, 0.6) is 11.5 Å². The van der Waals surface area contributed by atoms with Crippen LogP contribution in [0.4, 0.5) is 0 Å². The second kappa shape index (κ2) is 10.7. The molecule has 28 heavy (non-hydrogen) atoms. The van der Waals surface area contributed by atoms with Crippen LogP contribution in [0.25, 0.3) is 0 Å². The molecule has 2 aliphatic heterocycles. The lowest BCUT2D eigenvalue weighted by Gasteiger charge is -2.40. The zero-order valence-electron chi connectivity index (χ0n) is 17.3. The lowest BCUT2D eigenvalue weighted by molar-refractivity contribution is -0.121. The molecule has 0 aromatic heterocycles. The summed E-state index contributed by atoms with van der Waals surface area (Å²) in [5.41, 5.74) is 0.964. The van der Waals surface area contributed by atoms with Crippen LogP contribution >= 0.6 is 0 Å². The van der Waals surface area contributed by atoms with Crippen LogP contribution in [0.1, 0.15) is 44.1 Å². The van der Waals surface area contributed by atoms with Crippen molar-refractivity contribution in [2.75, 3.05) is 40.4 Å². The number of amides is 1. The Bertz CT molecular complexity index is 631. The minimum Gasteiger partial charge on any atom is -0.497 e. The van der Waals surface area contributed by atoms with Crippen LogP contribution in [0.2, 0.25) is 0 Å². The third-order valence-electron chi connectivity index (χ3n) is 6.13. The maximum atomic E-state index is 12.4. The van der Waals surface area contributed by atoms with Gasteiger partial charge in [0, 0.05) is 37.2 Å². The summed E-state index contributed by atoms with van der Waals surface area (Å²) in [5.74, 6) is 2.26. The second-order valence-corrected chi connectivity index (χ2v) is 7.98. The molecule has 1 aromatic carbocycles. The van der Waals surface area contributed by atoms with Crippen LogP contribution in [0.15, 0.2) is 18.2 Å². The third-order valence-corrected chi connectivity index (χ3v) is 6.13. The first-order chi connectivity index (χ1) is 13.7. The van der Waals surface area contributed by atoms with Gasteiger partial charge in [-0.15, -0.1) is 0 Å². The number of likely N-dealkylation sites (tertiary alicyclic amines) is 1. The van der Waals surface area contributed by atoms with Gasteiger partial charge >= 0.3 is 0 Å². The molecule has 6 heteroatoms. The molecule has 6 nitrogen and oxygen atoms in total. The van der Waals surface area contributed by atoms with Crippen molar-refractivity contribution in [1.29, 1.82) is 0 Å². The summed E-state index contributed by atoms with van der Waals surface area (Å²) in [6.45, 7) is 5.15. The summed E-state index contributed by atoms with van der Waals surface area (Å²) >= 11 is 0. The largest absolute Gasteiger partial charge is 0.497 e. The van der Waals surface area contributed by atoms with Crippen LogP contribution in [-0.4, -0.2) is 57.2 Å². The lowest BCUT2D eigenvalue weighted by Crippen LogP contribution is -2.47. The number of hydrogen-bond donors (Lipinski definition) is 2. The zero-order chi connectivity index (χ0) is 19.8. The number of carbonyl (C=O) groups excluding carboxylic acids is 1. The molecular formula is C22H35N3O3. The van der Waals surface area contributed by atoms with Crippen molar-refractivity contribution in [3.63, 3.8) is 0 Å². The zero-order valence-corrected chi connectivity index (χ0v) is 17.3. The molecule has 0 radical (unpaired) electrons. The van der Waals surface area contributed by atoms with Crippen LogP contribution < -0.4 is 20.1 Å². The monoisotopic (exact) mass is 389 g/mol. The standard InChI is InChI=1S/C22H35N3O3/c1-27-20-7-6-18(21(14-20)28-2)15-24-22(26)8-5-17-4-3-13-25(16-17)19-9-11-23-12-10-19/h6-7,14,17,19,23H,3-5,8-13,15-16H2,1-2H3,(H,24,26)/t17-/m1/s1. The van der Waals surface area contributed by atoms with Gasteiger partial charge in [0.05, 0.1) is 14.2 Å². The van der Waals surface area contributed by atoms with Gasteiger partial charge < -0.3 is 25.0 Å². The van der Waals surface area contributed by atoms with Gasteiger partial charge in [-0.05, 0) is 69.8 Å². The van der Waals surface area contributed by atoms with Gasteiger partial charge in [0.25, 0.3) is 0 Å². The summed E-state index contributed by atoms with van der Waals surface area (Å²) < 4.78 is 10.6. The summed E-state index contributed by atoms with van der Waals surface area (Å²) in [7, 11) is 3.27.